The van der Waals surface area contributed by atoms with E-state index in [9.17, 15) is 19.8 Å². The molecule has 1 heterocycles. The lowest BCUT2D eigenvalue weighted by atomic mass is 9.95. The largest absolute Gasteiger partial charge is 0.498 e. The molecule has 4 rings (SSSR count). The van der Waals surface area contributed by atoms with Crippen LogP contribution in [0.1, 0.15) is 34.0 Å². The topological polar surface area (TPSA) is 77.4 Å². The van der Waals surface area contributed by atoms with Gasteiger partial charge in [0.1, 0.15) is 12.6 Å². The first-order valence-corrected chi connectivity index (χ1v) is 7.78. The number of aliphatic hydroxyl groups is 1. The lowest BCUT2D eigenvalue weighted by Gasteiger charge is -2.41. The maximum Gasteiger partial charge on any atom is 0.268 e. The molecule has 120 valence electrons. The van der Waals surface area contributed by atoms with E-state index in [-0.39, 0.29) is 18.7 Å². The fourth-order valence-electron chi connectivity index (χ4n) is 3.76. The summed E-state index contributed by atoms with van der Waals surface area (Å²) in [7, 11) is 0. The van der Waals surface area contributed by atoms with Crippen LogP contribution in [0.15, 0.2) is 54.6 Å². The maximum atomic E-state index is 12.3. The smallest absolute Gasteiger partial charge is 0.268 e. The molecule has 2 aliphatic rings. The van der Waals surface area contributed by atoms with Gasteiger partial charge in [-0.2, -0.15) is 0 Å². The molecule has 0 saturated carbocycles. The molecule has 5 heteroatoms. The number of fused-ring (bicyclic) bond motifs is 2. The Morgan fingerprint density at radius 1 is 1.08 bits per heavy atom. The van der Waals surface area contributed by atoms with Gasteiger partial charge >= 0.3 is 0 Å². The summed E-state index contributed by atoms with van der Waals surface area (Å²) in [6.07, 6.45) is -0.506. The van der Waals surface area contributed by atoms with Crippen molar-refractivity contribution in [1.29, 1.82) is 0 Å². The van der Waals surface area contributed by atoms with Gasteiger partial charge in [-0.15, -0.1) is 0 Å². The zero-order valence-electron chi connectivity index (χ0n) is 12.8. The van der Waals surface area contributed by atoms with E-state index in [1.54, 1.807) is 54.6 Å². The Balaban J connectivity index is 2.01. The third kappa shape index (κ3) is 1.82. The molecule has 0 saturated heterocycles. The highest BCUT2D eigenvalue weighted by Gasteiger charge is 2.47. The molecule has 2 unspecified atom stereocenters. The Morgan fingerprint density at radius 3 is 2.50 bits per heavy atom. The average molecular weight is 321 g/mol. The van der Waals surface area contributed by atoms with Gasteiger partial charge in [0, 0.05) is 17.7 Å². The molecule has 1 aliphatic carbocycles. The van der Waals surface area contributed by atoms with Crippen molar-refractivity contribution in [3.05, 3.63) is 71.3 Å². The zero-order chi connectivity index (χ0) is 16.9. The third-order valence-electron chi connectivity index (χ3n) is 4.88. The number of rotatable bonds is 1. The number of Topliss-reactive ketones (excluding diaryl/α,β-unsaturated/α-hetero) is 1. The molecule has 1 aliphatic heterocycles. The summed E-state index contributed by atoms with van der Waals surface area (Å²) < 4.78 is -0.573. The van der Waals surface area contributed by atoms with Crippen molar-refractivity contribution in [1.82, 2.24) is 4.48 Å². The van der Waals surface area contributed by atoms with Gasteiger partial charge in [-0.05, 0) is 17.7 Å². The van der Waals surface area contributed by atoms with E-state index in [0.29, 0.717) is 28.1 Å². The Kier molecular flexibility index (Phi) is 3.16. The molecule has 0 bridgehead atoms. The van der Waals surface area contributed by atoms with Gasteiger partial charge in [0.15, 0.2) is 17.2 Å². The summed E-state index contributed by atoms with van der Waals surface area (Å²) in [4.78, 5) is 24.5. The van der Waals surface area contributed by atoms with E-state index in [2.05, 4.69) is 0 Å². The number of benzene rings is 2. The van der Waals surface area contributed by atoms with Gasteiger partial charge in [0.2, 0.25) is 0 Å². The number of para-hydroxylation sites is 1. The second-order valence-electron chi connectivity index (χ2n) is 6.07. The predicted molar refractivity (Wildman–Crippen MR) is 86.8 cm³/mol. The van der Waals surface area contributed by atoms with Crippen molar-refractivity contribution >= 4 is 23.3 Å². The summed E-state index contributed by atoms with van der Waals surface area (Å²) in [6, 6.07) is 13.9. The van der Waals surface area contributed by atoms with Crippen LogP contribution in [0.5, 0.6) is 0 Å². The fraction of sp³-hybridized carbons (Fsp3) is 0.158. The molecular formula is C19H15NO4. The minimum absolute atomic E-state index is 0.0745. The highest BCUT2D eigenvalue weighted by Crippen LogP contribution is 2.46. The first-order chi connectivity index (χ1) is 11.6. The molecule has 2 aromatic rings. The van der Waals surface area contributed by atoms with E-state index < -0.39 is 16.7 Å². The lowest BCUT2D eigenvalue weighted by Crippen LogP contribution is -2.61. The standard InChI is InChI=1S/C19H15NO4/c21-17-9-10-20(19(23)24,15-8-4-3-7-14(15)17)16-11-18(22)13-6-2-1-5-12(13)16/h1-8,11,18,22H,9-10H2. The predicted octanol–water partition coefficient (Wildman–Crippen LogP) is 2.01. The van der Waals surface area contributed by atoms with Crippen LogP contribution < -0.4 is 9.59 Å². The van der Waals surface area contributed by atoms with Crippen molar-refractivity contribution in [3.63, 3.8) is 0 Å². The molecule has 5 nitrogen and oxygen atoms in total. The molecule has 1 amide bonds. The average Bonchev–Trinajstić information content (AvgIpc) is 2.93. The van der Waals surface area contributed by atoms with E-state index >= 15 is 0 Å². The Labute approximate surface area is 138 Å². The number of carboxylic acid groups (broad SMARTS) is 1. The normalized spacial score (nSPS) is 25.0. The zero-order valence-corrected chi connectivity index (χ0v) is 12.8. The molecule has 0 spiro atoms. The van der Waals surface area contributed by atoms with Crippen molar-refractivity contribution in [2.75, 3.05) is 6.54 Å². The second-order valence-corrected chi connectivity index (χ2v) is 6.07. The third-order valence-corrected chi connectivity index (χ3v) is 4.88. The van der Waals surface area contributed by atoms with Crippen LogP contribution in [0.2, 0.25) is 0 Å². The number of nitrogens with zero attached hydrogens (tertiary/aromatic N) is 1. The molecule has 0 fully saturated rings. The van der Waals surface area contributed by atoms with Crippen molar-refractivity contribution in [2.24, 2.45) is 0 Å². The lowest BCUT2D eigenvalue weighted by molar-refractivity contribution is -0.260. The van der Waals surface area contributed by atoms with Crippen molar-refractivity contribution < 1.29 is 19.8 Å². The van der Waals surface area contributed by atoms with Gasteiger partial charge in [0.05, 0.1) is 12.0 Å². The first-order valence-electron chi connectivity index (χ1n) is 7.78. The minimum atomic E-state index is -1.30. The summed E-state index contributed by atoms with van der Waals surface area (Å²) in [6.45, 7) is 0.0745. The van der Waals surface area contributed by atoms with E-state index in [1.165, 1.54) is 0 Å². The molecule has 2 atom stereocenters. The van der Waals surface area contributed by atoms with Gasteiger partial charge < -0.3 is 15.0 Å². The molecule has 24 heavy (non-hydrogen) atoms. The van der Waals surface area contributed by atoms with Gasteiger partial charge in [0.25, 0.3) is 6.09 Å². The van der Waals surface area contributed by atoms with Crippen molar-refractivity contribution in [2.45, 2.75) is 12.5 Å². The second kappa shape index (κ2) is 5.12. The van der Waals surface area contributed by atoms with E-state index in [0.717, 1.165) is 0 Å². The number of hydrogen-bond donors (Lipinski definition) is 1. The molecular weight excluding hydrogens is 306 g/mol. The number of aliphatic hydroxyl groups excluding tert-OH is 1. The van der Waals surface area contributed by atoms with Gasteiger partial charge in [-0.25, -0.2) is 4.48 Å². The fourth-order valence-corrected chi connectivity index (χ4v) is 3.76. The van der Waals surface area contributed by atoms with Crippen LogP contribution >= 0.6 is 0 Å². The van der Waals surface area contributed by atoms with Crippen LogP contribution in [0.4, 0.5) is 10.5 Å². The van der Waals surface area contributed by atoms with Crippen LogP contribution in [0, 0.1) is 0 Å². The number of amides is 1. The molecule has 2 aromatic carbocycles. The van der Waals surface area contributed by atoms with Crippen LogP contribution in [0.25, 0.3) is 5.70 Å². The Hall–Kier alpha value is -2.76. The minimum Gasteiger partial charge on any atom is -0.498 e. The number of ketones is 1. The Morgan fingerprint density at radius 2 is 1.75 bits per heavy atom. The van der Waals surface area contributed by atoms with Gasteiger partial charge in [-0.1, -0.05) is 30.3 Å². The number of carbonyl (C=O) groups excluding carboxylic acids is 2. The number of carbonyl (C=O) groups is 2. The number of quaternary nitrogens is 1. The summed E-state index contributed by atoms with van der Waals surface area (Å²) in [5.74, 6) is -0.0759. The maximum absolute atomic E-state index is 12.3. The summed E-state index contributed by atoms with van der Waals surface area (Å²) in [5.41, 5.74) is 2.59. The molecule has 0 aromatic heterocycles. The number of hydrogen-bond acceptors (Lipinski definition) is 4. The summed E-state index contributed by atoms with van der Waals surface area (Å²) >= 11 is 0. The molecule has 1 N–H and O–H groups in total. The molecule has 0 radical (unpaired) electrons. The van der Waals surface area contributed by atoms with Crippen LogP contribution in [0.3, 0.4) is 0 Å². The Bertz CT molecular complexity index is 902. The van der Waals surface area contributed by atoms with Gasteiger partial charge in [-0.3, -0.25) is 4.79 Å². The first kappa shape index (κ1) is 14.8. The van der Waals surface area contributed by atoms with E-state index in [1.807, 2.05) is 0 Å². The monoisotopic (exact) mass is 321 g/mol. The highest BCUT2D eigenvalue weighted by atomic mass is 16.4. The SMILES string of the molecule is O=C1CC[N+](C(=O)[O-])(C2=CC(O)c3ccccc32)c2ccccc21. The van der Waals surface area contributed by atoms with Crippen LogP contribution in [-0.2, 0) is 0 Å². The van der Waals surface area contributed by atoms with E-state index in [4.69, 9.17) is 0 Å². The van der Waals surface area contributed by atoms with Crippen LogP contribution in [-0.4, -0.2) is 23.5 Å². The summed E-state index contributed by atoms with van der Waals surface area (Å²) in [5, 5.41) is 22.6. The highest BCUT2D eigenvalue weighted by molar-refractivity contribution is 6.09. The van der Waals surface area contributed by atoms with Crippen molar-refractivity contribution in [3.8, 4) is 0 Å². The quantitative estimate of drug-likeness (QED) is 0.815.